The first-order chi connectivity index (χ1) is 8.08. The molecule has 0 saturated carbocycles. The molecule has 17 heavy (non-hydrogen) atoms. The number of rotatable bonds is 2. The lowest BCUT2D eigenvalue weighted by atomic mass is 10.0. The van der Waals surface area contributed by atoms with E-state index in [0.29, 0.717) is 10.6 Å². The van der Waals surface area contributed by atoms with Crippen molar-refractivity contribution in [1.82, 2.24) is 0 Å². The molecule has 1 unspecified atom stereocenters. The molecule has 88 valence electrons. The van der Waals surface area contributed by atoms with Crippen molar-refractivity contribution in [3.8, 4) is 0 Å². The molecule has 0 aliphatic heterocycles. The first kappa shape index (κ1) is 13.1. The second-order valence-corrected chi connectivity index (χ2v) is 5.85. The van der Waals surface area contributed by atoms with Crippen LogP contribution in [0.4, 0.5) is 4.39 Å². The van der Waals surface area contributed by atoms with Crippen LogP contribution in [0.5, 0.6) is 0 Å². The van der Waals surface area contributed by atoms with Gasteiger partial charge in [-0.05, 0) is 35.9 Å². The van der Waals surface area contributed by atoms with Gasteiger partial charge in [-0.25, -0.2) is 4.39 Å². The van der Waals surface area contributed by atoms with Crippen LogP contribution in [0.3, 0.4) is 0 Å². The molecule has 0 bridgehead atoms. The van der Waals surface area contributed by atoms with Gasteiger partial charge < -0.3 is 0 Å². The summed E-state index contributed by atoms with van der Waals surface area (Å²) in [6.45, 7) is 0. The number of hydrogen-bond donors (Lipinski definition) is 0. The maximum atomic E-state index is 13.7. The molecule has 0 aliphatic carbocycles. The van der Waals surface area contributed by atoms with Crippen LogP contribution in [-0.2, 0) is 0 Å². The number of halogens is 4. The Balaban J connectivity index is 2.39. The minimum Gasteiger partial charge on any atom is -0.207 e. The summed E-state index contributed by atoms with van der Waals surface area (Å²) in [5.74, 6) is -0.265. The van der Waals surface area contributed by atoms with Crippen molar-refractivity contribution in [3.63, 3.8) is 0 Å². The van der Waals surface area contributed by atoms with Crippen molar-refractivity contribution < 1.29 is 4.39 Å². The highest BCUT2D eigenvalue weighted by molar-refractivity contribution is 9.10. The van der Waals surface area contributed by atoms with Crippen LogP contribution < -0.4 is 0 Å². The van der Waals surface area contributed by atoms with Gasteiger partial charge in [-0.2, -0.15) is 0 Å². The van der Waals surface area contributed by atoms with Gasteiger partial charge in [-0.3, -0.25) is 0 Å². The molecule has 2 aromatic rings. The lowest BCUT2D eigenvalue weighted by molar-refractivity contribution is 0.613. The van der Waals surface area contributed by atoms with Crippen LogP contribution in [0.2, 0.25) is 5.02 Å². The Kier molecular flexibility index (Phi) is 4.23. The van der Waals surface area contributed by atoms with E-state index in [2.05, 4.69) is 31.9 Å². The van der Waals surface area contributed by atoms with Crippen molar-refractivity contribution in [3.05, 3.63) is 68.9 Å². The van der Waals surface area contributed by atoms with Crippen LogP contribution in [0.1, 0.15) is 16.0 Å². The molecule has 0 radical (unpaired) electrons. The van der Waals surface area contributed by atoms with Gasteiger partial charge in [0, 0.05) is 15.1 Å². The highest BCUT2D eigenvalue weighted by atomic mass is 79.9. The Morgan fingerprint density at radius 2 is 1.71 bits per heavy atom. The molecular formula is C13H8Br2ClF. The summed E-state index contributed by atoms with van der Waals surface area (Å²) in [6.07, 6.45) is 0. The molecule has 0 N–H and O–H groups in total. The molecule has 0 saturated heterocycles. The zero-order valence-corrected chi connectivity index (χ0v) is 12.6. The fraction of sp³-hybridized carbons (Fsp3) is 0.0769. The third-order valence-electron chi connectivity index (χ3n) is 2.39. The van der Waals surface area contributed by atoms with Gasteiger partial charge in [0.15, 0.2) is 0 Å². The van der Waals surface area contributed by atoms with E-state index in [-0.39, 0.29) is 10.6 Å². The lowest BCUT2D eigenvalue weighted by Crippen LogP contribution is -1.96. The Hall–Kier alpha value is -0.380. The summed E-state index contributed by atoms with van der Waals surface area (Å²) in [4.78, 5) is -0.200. The molecule has 0 aliphatic rings. The van der Waals surface area contributed by atoms with Crippen LogP contribution in [0, 0.1) is 5.82 Å². The lowest BCUT2D eigenvalue weighted by Gasteiger charge is -2.12. The van der Waals surface area contributed by atoms with E-state index < -0.39 is 0 Å². The van der Waals surface area contributed by atoms with E-state index in [1.54, 1.807) is 12.1 Å². The van der Waals surface area contributed by atoms with E-state index in [9.17, 15) is 4.39 Å². The van der Waals surface area contributed by atoms with Gasteiger partial charge in [0.25, 0.3) is 0 Å². The standard InChI is InChI=1S/C13H8Br2ClF/c14-9-3-1-8(2-4-9)13(15)11-7-10(16)5-6-12(11)17/h1-7,13H. The molecule has 1 atom stereocenters. The molecule has 2 aromatic carbocycles. The fourth-order valence-corrected chi connectivity index (χ4v) is 2.62. The molecule has 4 heteroatoms. The summed E-state index contributed by atoms with van der Waals surface area (Å²) in [5, 5.41) is 0.531. The zero-order chi connectivity index (χ0) is 12.4. The van der Waals surface area contributed by atoms with Crippen molar-refractivity contribution in [2.24, 2.45) is 0 Å². The highest BCUT2D eigenvalue weighted by Crippen LogP contribution is 2.34. The minimum atomic E-state index is -0.265. The summed E-state index contributed by atoms with van der Waals surface area (Å²) in [7, 11) is 0. The van der Waals surface area contributed by atoms with Crippen LogP contribution in [0.15, 0.2) is 46.9 Å². The van der Waals surface area contributed by atoms with E-state index in [1.807, 2.05) is 24.3 Å². The smallest absolute Gasteiger partial charge is 0.127 e. The van der Waals surface area contributed by atoms with Gasteiger partial charge in [0.05, 0.1) is 4.83 Å². The Labute approximate surface area is 121 Å². The van der Waals surface area contributed by atoms with Crippen molar-refractivity contribution >= 4 is 43.5 Å². The Morgan fingerprint density at radius 3 is 2.35 bits per heavy atom. The third kappa shape index (κ3) is 3.09. The molecule has 0 spiro atoms. The third-order valence-corrected chi connectivity index (χ3v) is 4.18. The fourth-order valence-electron chi connectivity index (χ4n) is 1.52. The van der Waals surface area contributed by atoms with Crippen molar-refractivity contribution in [2.75, 3.05) is 0 Å². The van der Waals surface area contributed by atoms with E-state index in [1.165, 1.54) is 6.07 Å². The van der Waals surface area contributed by atoms with Crippen LogP contribution in [-0.4, -0.2) is 0 Å². The summed E-state index contributed by atoms with van der Waals surface area (Å²) >= 11 is 12.7. The second-order valence-electron chi connectivity index (χ2n) is 3.58. The average Bonchev–Trinajstić information content (AvgIpc) is 2.32. The second kappa shape index (κ2) is 5.51. The largest absolute Gasteiger partial charge is 0.207 e. The van der Waals surface area contributed by atoms with Gasteiger partial charge in [0.2, 0.25) is 0 Å². The number of hydrogen-bond acceptors (Lipinski definition) is 0. The maximum Gasteiger partial charge on any atom is 0.127 e. The zero-order valence-electron chi connectivity index (χ0n) is 8.63. The Morgan fingerprint density at radius 1 is 1.06 bits per heavy atom. The molecule has 0 fully saturated rings. The predicted molar refractivity (Wildman–Crippen MR) is 76.3 cm³/mol. The maximum absolute atomic E-state index is 13.7. The van der Waals surface area contributed by atoms with Crippen LogP contribution >= 0.6 is 43.5 Å². The normalized spacial score (nSPS) is 12.5. The molecule has 0 aromatic heterocycles. The molecule has 0 nitrogen and oxygen atoms in total. The van der Waals surface area contributed by atoms with E-state index >= 15 is 0 Å². The van der Waals surface area contributed by atoms with Gasteiger partial charge in [0.1, 0.15) is 5.82 Å². The van der Waals surface area contributed by atoms with Crippen LogP contribution in [0.25, 0.3) is 0 Å². The van der Waals surface area contributed by atoms with E-state index in [4.69, 9.17) is 11.6 Å². The molecule has 0 amide bonds. The number of benzene rings is 2. The van der Waals surface area contributed by atoms with E-state index in [0.717, 1.165) is 10.0 Å². The minimum absolute atomic E-state index is 0.200. The first-order valence-corrected chi connectivity index (χ1v) is 7.01. The Bertz CT molecular complexity index is 525. The SMILES string of the molecule is Fc1ccc(Cl)cc1C(Br)c1ccc(Br)cc1. The molecule has 2 rings (SSSR count). The highest BCUT2D eigenvalue weighted by Gasteiger charge is 2.15. The van der Waals surface area contributed by atoms with Gasteiger partial charge in [-0.15, -0.1) is 0 Å². The first-order valence-electron chi connectivity index (χ1n) is 4.92. The van der Waals surface area contributed by atoms with Gasteiger partial charge >= 0.3 is 0 Å². The monoisotopic (exact) mass is 376 g/mol. The predicted octanol–water partition coefficient (Wildman–Crippen LogP) is 5.73. The summed E-state index contributed by atoms with van der Waals surface area (Å²) < 4.78 is 14.7. The van der Waals surface area contributed by atoms with Crippen molar-refractivity contribution in [2.45, 2.75) is 4.83 Å². The summed E-state index contributed by atoms with van der Waals surface area (Å²) in [5.41, 5.74) is 1.52. The summed E-state index contributed by atoms with van der Waals surface area (Å²) in [6, 6.07) is 12.3. The van der Waals surface area contributed by atoms with Crippen molar-refractivity contribution in [1.29, 1.82) is 0 Å². The molecule has 0 heterocycles. The molecular weight excluding hydrogens is 370 g/mol. The topological polar surface area (TPSA) is 0 Å². The number of alkyl halides is 1. The van der Waals surface area contributed by atoms with Gasteiger partial charge in [-0.1, -0.05) is 55.6 Å². The quantitative estimate of drug-likeness (QED) is 0.586. The average molecular weight is 378 g/mol.